The van der Waals surface area contributed by atoms with Crippen molar-refractivity contribution in [2.24, 2.45) is 0 Å². The average Bonchev–Trinajstić information content (AvgIpc) is 3.63. The molecule has 0 aliphatic rings. The third-order valence-corrected chi connectivity index (χ3v) is 17.6. The fraction of sp³-hybridized carbons (Fsp3) is 0.836. The van der Waals surface area contributed by atoms with Crippen molar-refractivity contribution in [1.29, 1.82) is 0 Å². The molecule has 0 aliphatic heterocycles. The zero-order valence-electron chi connectivity index (χ0n) is 58.5. The van der Waals surface area contributed by atoms with Crippen LogP contribution in [-0.4, -0.2) is 96.7 Å². The summed E-state index contributed by atoms with van der Waals surface area (Å²) in [7, 11) is -9.93. The smallest absolute Gasteiger partial charge is 0.462 e. The summed E-state index contributed by atoms with van der Waals surface area (Å²) in [5.41, 5.74) is 0. The van der Waals surface area contributed by atoms with Crippen LogP contribution in [0.15, 0.2) is 48.6 Å². The molecule has 0 spiro atoms. The Morgan fingerprint density at radius 2 is 0.554 bits per heavy atom. The largest absolute Gasteiger partial charge is 0.472 e. The van der Waals surface area contributed by atoms with Crippen molar-refractivity contribution in [2.75, 3.05) is 39.6 Å². The second kappa shape index (κ2) is 66.6. The normalized spacial score (nSPS) is 14.3. The second-order valence-corrected chi connectivity index (χ2v) is 27.8. The molecular formula is C73H134O17P2. The van der Waals surface area contributed by atoms with Crippen LogP contribution < -0.4 is 0 Å². The number of aliphatic hydroxyl groups is 1. The Morgan fingerprint density at radius 1 is 0.304 bits per heavy atom. The van der Waals surface area contributed by atoms with Gasteiger partial charge in [-0.25, -0.2) is 9.13 Å². The maximum atomic E-state index is 13.0. The van der Waals surface area contributed by atoms with Crippen LogP contribution >= 0.6 is 15.6 Å². The molecule has 0 aromatic heterocycles. The molecule has 5 atom stereocenters. The van der Waals surface area contributed by atoms with Crippen LogP contribution in [0.5, 0.6) is 0 Å². The summed E-state index contributed by atoms with van der Waals surface area (Å²) in [6, 6.07) is 0. The van der Waals surface area contributed by atoms with Gasteiger partial charge in [0.25, 0.3) is 0 Å². The molecule has 0 radical (unpaired) electrons. The Labute approximate surface area is 559 Å². The third-order valence-electron chi connectivity index (χ3n) is 15.7. The molecule has 0 aromatic rings. The van der Waals surface area contributed by atoms with Crippen molar-refractivity contribution in [3.05, 3.63) is 48.6 Å². The van der Waals surface area contributed by atoms with Gasteiger partial charge in [0.2, 0.25) is 0 Å². The molecule has 3 N–H and O–H groups in total. The first kappa shape index (κ1) is 89.0. The van der Waals surface area contributed by atoms with Crippen LogP contribution in [0.2, 0.25) is 0 Å². The fourth-order valence-corrected chi connectivity index (χ4v) is 11.7. The van der Waals surface area contributed by atoms with E-state index in [-0.39, 0.29) is 25.7 Å². The number of phosphoric acid groups is 2. The van der Waals surface area contributed by atoms with E-state index < -0.39 is 97.5 Å². The van der Waals surface area contributed by atoms with E-state index in [4.69, 9.17) is 37.0 Å². The zero-order chi connectivity index (χ0) is 67.5. The van der Waals surface area contributed by atoms with Gasteiger partial charge in [-0.2, -0.15) is 0 Å². The number of allylic oxidation sites excluding steroid dienone is 8. The van der Waals surface area contributed by atoms with E-state index in [1.54, 1.807) is 0 Å². The Kier molecular flexibility index (Phi) is 64.5. The Bertz CT molecular complexity index is 1940. The first-order valence-electron chi connectivity index (χ1n) is 36.9. The lowest BCUT2D eigenvalue weighted by molar-refractivity contribution is -0.161. The van der Waals surface area contributed by atoms with Gasteiger partial charge in [0.05, 0.1) is 26.4 Å². The number of hydrogen-bond donors (Lipinski definition) is 3. The highest BCUT2D eigenvalue weighted by Crippen LogP contribution is 2.45. The molecule has 0 bridgehead atoms. The Morgan fingerprint density at radius 3 is 0.870 bits per heavy atom. The van der Waals surface area contributed by atoms with Crippen LogP contribution in [0.3, 0.4) is 0 Å². The average molecular weight is 1350 g/mol. The number of rotatable bonds is 70. The van der Waals surface area contributed by atoms with Crippen LogP contribution in [0.4, 0.5) is 0 Å². The highest BCUT2D eigenvalue weighted by molar-refractivity contribution is 7.47. The summed E-state index contributed by atoms with van der Waals surface area (Å²) >= 11 is 0. The van der Waals surface area contributed by atoms with Crippen LogP contribution in [-0.2, 0) is 65.4 Å². The number of ether oxygens (including phenoxy) is 4. The molecule has 0 aromatic carbocycles. The Hall–Kier alpha value is -2.98. The van der Waals surface area contributed by atoms with Crippen molar-refractivity contribution >= 4 is 39.5 Å². The van der Waals surface area contributed by atoms with Gasteiger partial charge in [0.1, 0.15) is 19.3 Å². The minimum atomic E-state index is -4.97. The van der Waals surface area contributed by atoms with E-state index in [9.17, 15) is 43.2 Å². The maximum absolute atomic E-state index is 13.0. The minimum absolute atomic E-state index is 0.0861. The number of unbranched alkanes of at least 4 members (excludes halogenated alkanes) is 36. The molecule has 538 valence electrons. The van der Waals surface area contributed by atoms with Gasteiger partial charge in [-0.1, -0.05) is 256 Å². The van der Waals surface area contributed by atoms with Gasteiger partial charge in [-0.05, 0) is 103 Å². The fourth-order valence-electron chi connectivity index (χ4n) is 10.1. The summed E-state index contributed by atoms with van der Waals surface area (Å²) in [6.07, 6.45) is 61.1. The van der Waals surface area contributed by atoms with Crippen LogP contribution in [0.1, 0.15) is 336 Å². The molecule has 0 aliphatic carbocycles. The van der Waals surface area contributed by atoms with Crippen LogP contribution in [0.25, 0.3) is 0 Å². The molecular weight excluding hydrogens is 1210 g/mol. The van der Waals surface area contributed by atoms with Gasteiger partial charge in [-0.3, -0.25) is 37.3 Å². The molecule has 19 heteroatoms. The quantitative estimate of drug-likeness (QED) is 0.0169. The lowest BCUT2D eigenvalue weighted by atomic mass is 10.0. The van der Waals surface area contributed by atoms with E-state index in [1.165, 1.54) is 103 Å². The van der Waals surface area contributed by atoms with Gasteiger partial charge in [0.15, 0.2) is 12.2 Å². The molecule has 5 unspecified atom stereocenters. The van der Waals surface area contributed by atoms with E-state index >= 15 is 0 Å². The zero-order valence-corrected chi connectivity index (χ0v) is 60.3. The molecule has 17 nitrogen and oxygen atoms in total. The van der Waals surface area contributed by atoms with Crippen molar-refractivity contribution in [3.63, 3.8) is 0 Å². The molecule has 0 heterocycles. The predicted molar refractivity (Wildman–Crippen MR) is 372 cm³/mol. The standard InChI is InChI=1S/C73H134O17P2/c1-5-9-13-17-21-25-29-33-37-41-45-49-53-57-70(75)83-63-68(89-72(77)59-55-51-47-43-39-35-31-27-23-19-15-11-7-3)65-87-91(79,80)85-61-67(74)62-86-92(81,82)88-66-69(90-73(78)60-56-52-48-44-40-36-32-28-24-20-16-12-8-4)64-84-71(76)58-54-50-46-42-38-34-30-26-22-18-14-10-6-2/h13,17,25-27,29-31,67-69,74H,5-12,14-16,18-24,28,32-66H2,1-4H3,(H,79,80)(H,81,82)/b17-13-,29-25-,30-26-,31-27-. The summed E-state index contributed by atoms with van der Waals surface area (Å²) in [5, 5.41) is 10.6. The lowest BCUT2D eigenvalue weighted by Gasteiger charge is -2.21. The first-order valence-corrected chi connectivity index (χ1v) is 39.9. The van der Waals surface area contributed by atoms with Crippen molar-refractivity contribution in [1.82, 2.24) is 0 Å². The van der Waals surface area contributed by atoms with Crippen molar-refractivity contribution < 1.29 is 80.2 Å². The molecule has 0 rings (SSSR count). The van der Waals surface area contributed by atoms with E-state index in [0.717, 1.165) is 154 Å². The SMILES string of the molecule is CCC/C=C\C/C=C\CCCCCCCC(=O)OCC(COP(=O)(O)OCC(O)COP(=O)(O)OCC(COC(=O)CCCCCCC/C=C\CCCCCC)OC(=O)CCCCCCCCCCCCCCC)OC(=O)CCCCCCC/C=C\CCCCCC. The monoisotopic (exact) mass is 1340 g/mol. The molecule has 0 fully saturated rings. The Balaban J connectivity index is 5.32. The van der Waals surface area contributed by atoms with E-state index in [0.29, 0.717) is 25.7 Å². The number of hydrogen-bond acceptors (Lipinski definition) is 15. The molecule has 0 saturated heterocycles. The molecule has 92 heavy (non-hydrogen) atoms. The van der Waals surface area contributed by atoms with Gasteiger partial charge in [0, 0.05) is 25.7 Å². The molecule has 0 amide bonds. The summed E-state index contributed by atoms with van der Waals surface area (Å²) in [6.45, 7) is 4.78. The maximum Gasteiger partial charge on any atom is 0.472 e. The number of carbonyl (C=O) groups excluding carboxylic acids is 4. The van der Waals surface area contributed by atoms with Crippen LogP contribution in [0, 0.1) is 0 Å². The highest BCUT2D eigenvalue weighted by atomic mass is 31.2. The number of phosphoric ester groups is 2. The van der Waals surface area contributed by atoms with Gasteiger partial charge < -0.3 is 33.8 Å². The van der Waals surface area contributed by atoms with Gasteiger partial charge >= 0.3 is 39.5 Å². The predicted octanol–water partition coefficient (Wildman–Crippen LogP) is 20.6. The summed E-state index contributed by atoms with van der Waals surface area (Å²) in [5.74, 6) is -2.18. The summed E-state index contributed by atoms with van der Waals surface area (Å²) in [4.78, 5) is 72.6. The number of esters is 4. The van der Waals surface area contributed by atoms with E-state index in [1.807, 2.05) is 0 Å². The third kappa shape index (κ3) is 65.7. The van der Waals surface area contributed by atoms with Crippen molar-refractivity contribution in [3.8, 4) is 0 Å². The number of carbonyl (C=O) groups is 4. The summed E-state index contributed by atoms with van der Waals surface area (Å²) < 4.78 is 68.3. The first-order chi connectivity index (χ1) is 44.7. The van der Waals surface area contributed by atoms with Crippen molar-refractivity contribution in [2.45, 2.75) is 354 Å². The molecule has 0 saturated carbocycles. The van der Waals surface area contributed by atoms with E-state index in [2.05, 4.69) is 76.3 Å². The second-order valence-electron chi connectivity index (χ2n) is 24.9. The minimum Gasteiger partial charge on any atom is -0.462 e. The topological polar surface area (TPSA) is 237 Å². The lowest BCUT2D eigenvalue weighted by Crippen LogP contribution is -2.30. The number of aliphatic hydroxyl groups excluding tert-OH is 1. The van der Waals surface area contributed by atoms with Gasteiger partial charge in [-0.15, -0.1) is 0 Å². The highest BCUT2D eigenvalue weighted by Gasteiger charge is 2.30.